The Bertz CT molecular complexity index is 706. The summed E-state index contributed by atoms with van der Waals surface area (Å²) in [6, 6.07) is 16.2. The molecule has 0 fully saturated rings. The summed E-state index contributed by atoms with van der Waals surface area (Å²) in [6.07, 6.45) is 5.84. The van der Waals surface area contributed by atoms with Crippen LogP contribution in [0, 0.1) is 0 Å². The van der Waals surface area contributed by atoms with E-state index in [0.717, 1.165) is 41.1 Å². The molecule has 0 N–H and O–H groups in total. The molecular formula is C24H36N3O+. The molecule has 4 heteroatoms. The third-order valence-corrected chi connectivity index (χ3v) is 5.16. The van der Waals surface area contributed by atoms with Gasteiger partial charge in [0, 0.05) is 0 Å². The highest BCUT2D eigenvalue weighted by Crippen LogP contribution is 2.22. The van der Waals surface area contributed by atoms with Crippen LogP contribution in [0.25, 0.3) is 0 Å². The minimum absolute atomic E-state index is 0.759. The first-order valence-corrected chi connectivity index (χ1v) is 10.6. The third kappa shape index (κ3) is 8.22. The molecule has 0 aromatic heterocycles. The molecule has 152 valence electrons. The van der Waals surface area contributed by atoms with Gasteiger partial charge in [0.15, 0.2) is 0 Å². The second-order valence-corrected chi connectivity index (χ2v) is 8.00. The number of ether oxygens (including phenoxy) is 1. The van der Waals surface area contributed by atoms with Gasteiger partial charge in [-0.3, -0.25) is 0 Å². The summed E-state index contributed by atoms with van der Waals surface area (Å²) in [5.41, 5.74) is 3.08. The van der Waals surface area contributed by atoms with Crippen LogP contribution in [0.4, 0.5) is 11.4 Å². The molecule has 0 saturated heterocycles. The lowest BCUT2D eigenvalue weighted by Gasteiger charge is -2.28. The molecule has 0 amide bonds. The number of benzene rings is 2. The van der Waals surface area contributed by atoms with Crippen molar-refractivity contribution in [2.45, 2.75) is 46.0 Å². The third-order valence-electron chi connectivity index (χ3n) is 5.16. The summed E-state index contributed by atoms with van der Waals surface area (Å²) >= 11 is 0. The summed E-state index contributed by atoms with van der Waals surface area (Å²) in [7, 11) is 4.55. The topological polar surface area (TPSA) is 34.0 Å². The minimum atomic E-state index is 0.759. The highest BCUT2D eigenvalue weighted by molar-refractivity contribution is 5.43. The molecule has 0 aliphatic rings. The van der Waals surface area contributed by atoms with E-state index in [0.29, 0.717) is 0 Å². The number of rotatable bonds is 12. The predicted molar refractivity (Wildman–Crippen MR) is 118 cm³/mol. The van der Waals surface area contributed by atoms with E-state index in [1.807, 2.05) is 36.4 Å². The monoisotopic (exact) mass is 382 g/mol. The van der Waals surface area contributed by atoms with Crippen LogP contribution in [0.1, 0.15) is 45.1 Å². The first-order chi connectivity index (χ1) is 13.5. The van der Waals surface area contributed by atoms with Gasteiger partial charge in [0.1, 0.15) is 5.75 Å². The summed E-state index contributed by atoms with van der Waals surface area (Å²) < 4.78 is 6.91. The number of hydrogen-bond acceptors (Lipinski definition) is 3. The normalized spacial score (nSPS) is 11.9. The zero-order chi connectivity index (χ0) is 20.2. The lowest BCUT2D eigenvalue weighted by atomic mass is 10.1. The van der Waals surface area contributed by atoms with Gasteiger partial charge < -0.3 is 9.22 Å². The molecule has 2 aromatic carbocycles. The van der Waals surface area contributed by atoms with Gasteiger partial charge in [-0.05, 0) is 74.6 Å². The van der Waals surface area contributed by atoms with Crippen LogP contribution in [0.3, 0.4) is 0 Å². The SMILES string of the molecule is CCCCc1ccc(N=Nc2ccc(OCCCC[N+](C)(C)CC)cc2)cc1. The van der Waals surface area contributed by atoms with Gasteiger partial charge in [0.2, 0.25) is 0 Å². The second kappa shape index (κ2) is 11.6. The van der Waals surface area contributed by atoms with E-state index < -0.39 is 0 Å². The van der Waals surface area contributed by atoms with E-state index in [2.05, 4.69) is 50.3 Å². The van der Waals surface area contributed by atoms with Crippen molar-refractivity contribution in [1.29, 1.82) is 0 Å². The van der Waals surface area contributed by atoms with Crippen LogP contribution in [0.15, 0.2) is 58.8 Å². The van der Waals surface area contributed by atoms with Crippen LogP contribution in [0.5, 0.6) is 5.75 Å². The van der Waals surface area contributed by atoms with E-state index >= 15 is 0 Å². The van der Waals surface area contributed by atoms with Crippen molar-refractivity contribution >= 4 is 11.4 Å². The van der Waals surface area contributed by atoms with Crippen LogP contribution in [0.2, 0.25) is 0 Å². The molecule has 0 radical (unpaired) electrons. The van der Waals surface area contributed by atoms with Crippen molar-refractivity contribution in [3.63, 3.8) is 0 Å². The molecule has 0 spiro atoms. The highest BCUT2D eigenvalue weighted by atomic mass is 16.5. The van der Waals surface area contributed by atoms with Gasteiger partial charge in [0.25, 0.3) is 0 Å². The summed E-state index contributed by atoms with van der Waals surface area (Å²) in [4.78, 5) is 0. The van der Waals surface area contributed by atoms with Crippen LogP contribution in [-0.4, -0.2) is 38.3 Å². The van der Waals surface area contributed by atoms with E-state index in [1.54, 1.807) is 0 Å². The van der Waals surface area contributed by atoms with Gasteiger partial charge in [-0.2, -0.15) is 10.2 Å². The predicted octanol–water partition coefficient (Wildman–Crippen LogP) is 6.70. The molecule has 28 heavy (non-hydrogen) atoms. The van der Waals surface area contributed by atoms with E-state index in [-0.39, 0.29) is 0 Å². The molecule has 0 heterocycles. The Morgan fingerprint density at radius 1 is 0.786 bits per heavy atom. The maximum absolute atomic E-state index is 5.84. The Kier molecular flexibility index (Phi) is 9.15. The number of nitrogens with zero attached hydrogens (tertiary/aromatic N) is 3. The minimum Gasteiger partial charge on any atom is -0.494 e. The number of hydrogen-bond donors (Lipinski definition) is 0. The first kappa shape index (κ1) is 22.1. The standard InChI is InChI=1S/C24H36N3O/c1-5-7-10-21-11-13-22(14-12-21)25-26-23-15-17-24(18-16-23)28-20-9-8-19-27(3,4)6-2/h11-18H,5-10,19-20H2,1-4H3/q+1. The molecule has 4 nitrogen and oxygen atoms in total. The van der Waals surface area contributed by atoms with Gasteiger partial charge in [-0.25, -0.2) is 0 Å². The summed E-state index contributed by atoms with van der Waals surface area (Å²) in [5.74, 6) is 0.892. The first-order valence-electron chi connectivity index (χ1n) is 10.6. The van der Waals surface area contributed by atoms with Gasteiger partial charge in [-0.15, -0.1) is 0 Å². The van der Waals surface area contributed by atoms with Crippen molar-refractivity contribution in [2.24, 2.45) is 10.2 Å². The molecule has 0 unspecified atom stereocenters. The van der Waals surface area contributed by atoms with E-state index in [1.165, 1.54) is 37.9 Å². The van der Waals surface area contributed by atoms with Crippen molar-refractivity contribution in [1.82, 2.24) is 0 Å². The quantitative estimate of drug-likeness (QED) is 0.228. The van der Waals surface area contributed by atoms with Crippen molar-refractivity contribution in [3.8, 4) is 5.75 Å². The molecule has 0 atom stereocenters. The van der Waals surface area contributed by atoms with Crippen LogP contribution >= 0.6 is 0 Å². The molecule has 2 aromatic rings. The summed E-state index contributed by atoms with van der Waals surface area (Å²) in [6.45, 7) is 7.57. The molecule has 0 aliphatic carbocycles. The number of unbranched alkanes of at least 4 members (excludes halogenated alkanes) is 2. The fraction of sp³-hybridized carbons (Fsp3) is 0.500. The average molecular weight is 383 g/mol. The molecule has 2 rings (SSSR count). The Morgan fingerprint density at radius 2 is 1.39 bits per heavy atom. The number of quaternary nitrogens is 1. The smallest absolute Gasteiger partial charge is 0.119 e. The van der Waals surface area contributed by atoms with E-state index in [9.17, 15) is 0 Å². The maximum atomic E-state index is 5.84. The molecule has 0 bridgehead atoms. The van der Waals surface area contributed by atoms with Crippen molar-refractivity contribution in [2.75, 3.05) is 33.8 Å². The van der Waals surface area contributed by atoms with Crippen molar-refractivity contribution < 1.29 is 9.22 Å². The zero-order valence-electron chi connectivity index (χ0n) is 18.0. The largest absolute Gasteiger partial charge is 0.494 e. The molecular weight excluding hydrogens is 346 g/mol. The van der Waals surface area contributed by atoms with Gasteiger partial charge >= 0.3 is 0 Å². The van der Waals surface area contributed by atoms with Gasteiger partial charge in [-0.1, -0.05) is 25.5 Å². The Morgan fingerprint density at radius 3 is 1.96 bits per heavy atom. The fourth-order valence-electron chi connectivity index (χ4n) is 2.82. The highest BCUT2D eigenvalue weighted by Gasteiger charge is 2.10. The summed E-state index contributed by atoms with van der Waals surface area (Å²) in [5, 5.41) is 8.65. The number of aryl methyl sites for hydroxylation is 1. The van der Waals surface area contributed by atoms with E-state index in [4.69, 9.17) is 4.74 Å². The second-order valence-electron chi connectivity index (χ2n) is 8.00. The Balaban J connectivity index is 1.75. The Labute approximate surface area is 170 Å². The average Bonchev–Trinajstić information content (AvgIpc) is 2.72. The van der Waals surface area contributed by atoms with Gasteiger partial charge in [0.05, 0.1) is 45.2 Å². The van der Waals surface area contributed by atoms with Crippen LogP contribution < -0.4 is 4.74 Å². The van der Waals surface area contributed by atoms with Crippen molar-refractivity contribution in [3.05, 3.63) is 54.1 Å². The lowest BCUT2D eigenvalue weighted by molar-refractivity contribution is -0.888. The maximum Gasteiger partial charge on any atom is 0.119 e. The zero-order valence-corrected chi connectivity index (χ0v) is 18.0. The molecule has 0 saturated carbocycles. The fourth-order valence-corrected chi connectivity index (χ4v) is 2.82. The Hall–Kier alpha value is -2.20. The molecule has 0 aliphatic heterocycles. The van der Waals surface area contributed by atoms with Crippen LogP contribution in [-0.2, 0) is 6.42 Å². The lowest BCUT2D eigenvalue weighted by Crippen LogP contribution is -2.40. The number of azo groups is 1.